The molecular weight excluding hydrogens is 560 g/mol. The van der Waals surface area contributed by atoms with Crippen LogP contribution in [0.3, 0.4) is 0 Å². The van der Waals surface area contributed by atoms with Crippen LogP contribution >= 0.6 is 11.3 Å². The zero-order chi connectivity index (χ0) is 31.3. The zero-order valence-corrected chi connectivity index (χ0v) is 28.3. The molecular formula is C35H56N2O5S. The first-order valence-electron chi connectivity index (χ1n) is 16.8. The Morgan fingerprint density at radius 2 is 1.30 bits per heavy atom. The van der Waals surface area contributed by atoms with Crippen molar-refractivity contribution in [2.45, 2.75) is 136 Å². The van der Waals surface area contributed by atoms with E-state index in [0.29, 0.717) is 28.3 Å². The Morgan fingerprint density at radius 3 is 1.84 bits per heavy atom. The van der Waals surface area contributed by atoms with Crippen LogP contribution in [0.1, 0.15) is 130 Å². The Kier molecular flexibility index (Phi) is 18.7. The van der Waals surface area contributed by atoms with Crippen LogP contribution in [0, 0.1) is 0 Å². The number of rotatable bonds is 22. The summed E-state index contributed by atoms with van der Waals surface area (Å²) >= 11 is 1.37. The van der Waals surface area contributed by atoms with Crippen molar-refractivity contribution in [3.05, 3.63) is 28.8 Å². The zero-order valence-electron chi connectivity index (χ0n) is 27.5. The quantitative estimate of drug-likeness (QED) is 0.0826. The second-order valence-corrected chi connectivity index (χ2v) is 12.1. The molecule has 0 unspecified atom stereocenters. The molecule has 0 spiro atoms. The highest BCUT2D eigenvalue weighted by atomic mass is 32.1. The smallest absolute Gasteiger partial charge is 0.307 e. The number of methoxy groups -OCH3 is 2. The van der Waals surface area contributed by atoms with E-state index in [4.69, 9.17) is 14.2 Å². The highest BCUT2D eigenvalue weighted by Crippen LogP contribution is 2.38. The fourth-order valence-electron chi connectivity index (χ4n) is 5.27. The number of thiophene rings is 1. The van der Waals surface area contributed by atoms with E-state index < -0.39 is 0 Å². The van der Waals surface area contributed by atoms with Crippen molar-refractivity contribution in [2.75, 3.05) is 20.8 Å². The van der Waals surface area contributed by atoms with Crippen LogP contribution in [0.25, 0.3) is 20.3 Å². The number of ether oxygens (including phenoxy) is 3. The van der Waals surface area contributed by atoms with Gasteiger partial charge >= 0.3 is 5.97 Å². The minimum atomic E-state index is -0.274. The summed E-state index contributed by atoms with van der Waals surface area (Å²) in [7, 11) is 3.17. The predicted molar refractivity (Wildman–Crippen MR) is 181 cm³/mol. The third kappa shape index (κ3) is 12.5. The van der Waals surface area contributed by atoms with Gasteiger partial charge in [0.25, 0.3) is 5.56 Å². The topological polar surface area (TPSA) is 79.7 Å². The number of carbonyl (C=O) groups is 1. The van der Waals surface area contributed by atoms with E-state index in [9.17, 15) is 9.59 Å². The van der Waals surface area contributed by atoms with Crippen molar-refractivity contribution in [3.63, 3.8) is 0 Å². The minimum absolute atomic E-state index is 0.151. The van der Waals surface area contributed by atoms with Crippen LogP contribution in [0.5, 0.6) is 11.5 Å². The van der Waals surface area contributed by atoms with Gasteiger partial charge in [-0.15, -0.1) is 11.3 Å². The molecule has 0 aliphatic carbocycles. The Hall–Kier alpha value is -2.61. The normalized spacial score (nSPS) is 11.0. The summed E-state index contributed by atoms with van der Waals surface area (Å²) in [5, 5.41) is 0.852. The third-order valence-electron chi connectivity index (χ3n) is 7.77. The molecule has 7 nitrogen and oxygen atoms in total. The molecule has 0 radical (unpaired) electrons. The molecule has 3 aromatic rings. The average Bonchev–Trinajstić information content (AvgIpc) is 3.40. The van der Waals surface area contributed by atoms with E-state index in [2.05, 4.69) is 11.9 Å². The summed E-state index contributed by atoms with van der Waals surface area (Å²) < 4.78 is 19.1. The molecule has 0 atom stereocenters. The van der Waals surface area contributed by atoms with Crippen LogP contribution < -0.4 is 15.0 Å². The van der Waals surface area contributed by atoms with Crippen LogP contribution in [0.2, 0.25) is 0 Å². The van der Waals surface area contributed by atoms with Gasteiger partial charge in [0.05, 0.1) is 39.1 Å². The van der Waals surface area contributed by atoms with E-state index in [1.165, 1.54) is 112 Å². The summed E-state index contributed by atoms with van der Waals surface area (Å²) in [6.07, 6.45) is 22.7. The van der Waals surface area contributed by atoms with E-state index in [0.717, 1.165) is 22.9 Å². The van der Waals surface area contributed by atoms with E-state index >= 15 is 0 Å². The van der Waals surface area contributed by atoms with E-state index in [1.54, 1.807) is 14.2 Å². The number of fused-ring (bicyclic) bond motifs is 3. The molecule has 0 amide bonds. The lowest BCUT2D eigenvalue weighted by atomic mass is 10.0. The molecule has 1 aromatic carbocycles. The highest BCUT2D eigenvalue weighted by molar-refractivity contribution is 7.25. The minimum Gasteiger partial charge on any atom is -0.493 e. The first-order valence-corrected chi connectivity index (χ1v) is 17.6. The number of hydrogen-bond donors (Lipinski definition) is 0. The van der Waals surface area contributed by atoms with Gasteiger partial charge in [-0.25, -0.2) is 4.98 Å². The molecule has 0 aliphatic rings. The lowest BCUT2D eigenvalue weighted by Crippen LogP contribution is -2.21. The van der Waals surface area contributed by atoms with E-state index in [1.807, 2.05) is 26.0 Å². The molecule has 0 aliphatic heterocycles. The SMILES string of the molecule is CC.CCCCCCCCCCCCCCCCCCOC(=O)CCn1cnc2c(sc3cc(OC)c(OC)cc32)c1=O. The molecule has 0 bridgehead atoms. The number of aromatic nitrogens is 2. The average molecular weight is 617 g/mol. The molecule has 2 heterocycles. The van der Waals surface area contributed by atoms with Crippen molar-refractivity contribution in [2.24, 2.45) is 0 Å². The van der Waals surface area contributed by atoms with Crippen molar-refractivity contribution in [1.29, 1.82) is 0 Å². The van der Waals surface area contributed by atoms with E-state index in [-0.39, 0.29) is 24.5 Å². The molecule has 242 valence electrons. The Labute approximate surface area is 263 Å². The second kappa shape index (κ2) is 22.0. The molecule has 0 N–H and O–H groups in total. The van der Waals surface area contributed by atoms with Gasteiger partial charge in [0.2, 0.25) is 0 Å². The lowest BCUT2D eigenvalue weighted by Gasteiger charge is -2.07. The van der Waals surface area contributed by atoms with Gasteiger partial charge in [-0.1, -0.05) is 117 Å². The maximum absolute atomic E-state index is 13.1. The van der Waals surface area contributed by atoms with Crippen LogP contribution in [-0.2, 0) is 16.1 Å². The van der Waals surface area contributed by atoms with Gasteiger partial charge in [-0.05, 0) is 12.5 Å². The third-order valence-corrected chi connectivity index (χ3v) is 8.90. The number of unbranched alkanes of at least 4 members (excludes halogenated alkanes) is 15. The van der Waals surface area contributed by atoms with Crippen molar-refractivity contribution in [3.8, 4) is 11.5 Å². The van der Waals surface area contributed by atoms with Gasteiger partial charge in [0.1, 0.15) is 4.70 Å². The summed E-state index contributed by atoms with van der Waals surface area (Å²) in [5.41, 5.74) is 0.484. The predicted octanol–water partition coefficient (Wildman–Crippen LogP) is 9.85. The van der Waals surface area contributed by atoms with Crippen LogP contribution in [0.4, 0.5) is 0 Å². The van der Waals surface area contributed by atoms with Crippen molar-refractivity contribution >= 4 is 37.6 Å². The fourth-order valence-corrected chi connectivity index (χ4v) is 6.39. The molecule has 0 saturated carbocycles. The van der Waals surface area contributed by atoms with Crippen molar-refractivity contribution in [1.82, 2.24) is 9.55 Å². The monoisotopic (exact) mass is 616 g/mol. The molecule has 0 fully saturated rings. The Bertz CT molecular complexity index is 1250. The summed E-state index contributed by atoms with van der Waals surface area (Å²) in [4.78, 5) is 29.8. The standard InChI is InChI=1S/C33H50N2O5S.C2H6/c1-4-5-6-7-8-9-10-11-12-13-14-15-16-17-18-19-22-40-30(36)20-21-35-25-34-31-26-23-27(38-2)28(39-3)24-29(26)41-32(31)33(35)37;1-2/h23-25H,4-22H2,1-3H3;1-2H3. The maximum Gasteiger partial charge on any atom is 0.307 e. The molecule has 0 saturated heterocycles. The Morgan fingerprint density at radius 1 is 0.791 bits per heavy atom. The number of nitrogens with zero attached hydrogens (tertiary/aromatic N) is 2. The summed E-state index contributed by atoms with van der Waals surface area (Å²) in [6.45, 7) is 6.97. The summed E-state index contributed by atoms with van der Waals surface area (Å²) in [6, 6.07) is 3.71. The highest BCUT2D eigenvalue weighted by Gasteiger charge is 2.16. The summed E-state index contributed by atoms with van der Waals surface area (Å²) in [5.74, 6) is 0.931. The molecule has 8 heteroatoms. The Balaban J connectivity index is 0.00000316. The van der Waals surface area contributed by atoms with Gasteiger partial charge in [0.15, 0.2) is 11.5 Å². The number of carbonyl (C=O) groups excluding carboxylic acids is 1. The number of aryl methyl sites for hydroxylation is 1. The molecule has 2 aromatic heterocycles. The fraction of sp³-hybridized carbons (Fsp3) is 0.686. The number of hydrogen-bond acceptors (Lipinski definition) is 7. The van der Waals surface area contributed by atoms with Gasteiger partial charge in [-0.3, -0.25) is 14.2 Å². The first-order chi connectivity index (χ1) is 21.1. The molecule has 43 heavy (non-hydrogen) atoms. The lowest BCUT2D eigenvalue weighted by molar-refractivity contribution is -0.144. The van der Waals surface area contributed by atoms with Crippen molar-refractivity contribution < 1.29 is 19.0 Å². The molecule has 3 rings (SSSR count). The first kappa shape index (κ1) is 36.6. The van der Waals surface area contributed by atoms with Gasteiger partial charge in [0, 0.05) is 22.7 Å². The van der Waals surface area contributed by atoms with Gasteiger partial charge in [-0.2, -0.15) is 0 Å². The second-order valence-electron chi connectivity index (χ2n) is 11.0. The van der Waals surface area contributed by atoms with Gasteiger partial charge < -0.3 is 14.2 Å². The van der Waals surface area contributed by atoms with Crippen LogP contribution in [-0.4, -0.2) is 36.3 Å². The number of benzene rings is 1. The van der Waals surface area contributed by atoms with Crippen LogP contribution in [0.15, 0.2) is 23.3 Å². The largest absolute Gasteiger partial charge is 0.493 e. The maximum atomic E-state index is 13.1. The number of esters is 1.